The third-order valence-electron chi connectivity index (χ3n) is 7.48. The van der Waals surface area contributed by atoms with Gasteiger partial charge in [-0.05, 0) is 24.1 Å². The molecule has 0 atom stereocenters. The number of hydrogen-bond acceptors (Lipinski definition) is 4. The highest BCUT2D eigenvalue weighted by Crippen LogP contribution is 2.39. The summed E-state index contributed by atoms with van der Waals surface area (Å²) in [4.78, 5) is 20.1. The van der Waals surface area contributed by atoms with E-state index in [1.54, 1.807) is 11.3 Å². The maximum Gasteiger partial charge on any atom is 0.160 e. The highest BCUT2D eigenvalue weighted by molar-refractivity contribution is 7.26. The minimum atomic E-state index is 0.594. The van der Waals surface area contributed by atoms with Crippen molar-refractivity contribution >= 4 is 48.9 Å². The topological polar surface area (TPSA) is 50.5 Å². The molecule has 5 heteroatoms. The number of benzene rings is 5. The monoisotopic (exact) mass is 584 g/mol. The molecule has 7 rings (SSSR count). The predicted molar refractivity (Wildman–Crippen MR) is 186 cm³/mol. The molecule has 0 radical (unpaired) electrons. The molecule has 0 amide bonds. The van der Waals surface area contributed by atoms with Crippen molar-refractivity contribution in [1.82, 2.24) is 9.97 Å². The standard InChI is InChI=1S/C39H28N4S/c1-26(28-14-6-3-7-15-28)40-38(41-27(2)29-16-8-4-9-17-29)31-22-24-32(25-23-31)39-42-35(30-18-10-5-11-19-30)37-36(43-39)33-20-12-13-21-34(33)44-37/h3-25H,1H2,2H3. The SMILES string of the molecule is C=C(N=C(N=C(C)c1ccccc1)c1ccc(-c2nc(-c3ccccc3)c3sc4ccccc4c3n2)cc1)c1ccccc1. The summed E-state index contributed by atoms with van der Waals surface area (Å²) in [7, 11) is 0. The maximum atomic E-state index is 5.11. The van der Waals surface area contributed by atoms with E-state index in [1.807, 2.05) is 97.9 Å². The smallest absolute Gasteiger partial charge is 0.160 e. The maximum absolute atomic E-state index is 5.11. The van der Waals surface area contributed by atoms with Crippen LogP contribution in [0.4, 0.5) is 0 Å². The zero-order valence-electron chi connectivity index (χ0n) is 24.2. The van der Waals surface area contributed by atoms with Crippen LogP contribution < -0.4 is 0 Å². The highest BCUT2D eigenvalue weighted by atomic mass is 32.1. The van der Waals surface area contributed by atoms with E-state index >= 15 is 0 Å². The minimum Gasteiger partial charge on any atom is -0.233 e. The van der Waals surface area contributed by atoms with Crippen LogP contribution in [0.25, 0.3) is 48.6 Å². The van der Waals surface area contributed by atoms with Crippen LogP contribution >= 0.6 is 11.3 Å². The Hall–Kier alpha value is -5.52. The molecule has 0 fully saturated rings. The van der Waals surface area contributed by atoms with Gasteiger partial charge in [-0.15, -0.1) is 11.3 Å². The lowest BCUT2D eigenvalue weighted by atomic mass is 10.1. The van der Waals surface area contributed by atoms with Crippen molar-refractivity contribution < 1.29 is 0 Å². The summed E-state index contributed by atoms with van der Waals surface area (Å²) < 4.78 is 2.30. The van der Waals surface area contributed by atoms with Crippen LogP contribution in [0.1, 0.15) is 23.6 Å². The van der Waals surface area contributed by atoms with Crippen molar-refractivity contribution in [2.45, 2.75) is 6.92 Å². The normalized spacial score (nSPS) is 12.1. The molecule has 2 aromatic heterocycles. The summed E-state index contributed by atoms with van der Waals surface area (Å²) in [6.45, 7) is 6.25. The average Bonchev–Trinajstić information content (AvgIpc) is 3.47. The lowest BCUT2D eigenvalue weighted by molar-refractivity contribution is 1.24. The van der Waals surface area contributed by atoms with Gasteiger partial charge in [0, 0.05) is 32.5 Å². The summed E-state index contributed by atoms with van der Waals surface area (Å²) in [5, 5.41) is 1.14. The largest absolute Gasteiger partial charge is 0.233 e. The van der Waals surface area contributed by atoms with E-state index in [2.05, 4.69) is 55.1 Å². The van der Waals surface area contributed by atoms with Crippen LogP contribution in [-0.2, 0) is 0 Å². The van der Waals surface area contributed by atoms with Crippen molar-refractivity contribution in [3.63, 3.8) is 0 Å². The molecule has 0 unspecified atom stereocenters. The van der Waals surface area contributed by atoms with Gasteiger partial charge in [0.15, 0.2) is 11.7 Å². The van der Waals surface area contributed by atoms with E-state index in [-0.39, 0.29) is 0 Å². The first-order valence-corrected chi connectivity index (χ1v) is 15.2. The third kappa shape index (κ3) is 5.49. The number of thiophene rings is 1. The Morgan fingerprint density at radius 2 is 1.20 bits per heavy atom. The second-order valence-electron chi connectivity index (χ2n) is 10.4. The fourth-order valence-electron chi connectivity index (χ4n) is 5.16. The molecule has 0 bridgehead atoms. The fourth-order valence-corrected chi connectivity index (χ4v) is 6.31. The van der Waals surface area contributed by atoms with Crippen molar-refractivity contribution in [3.05, 3.63) is 163 Å². The van der Waals surface area contributed by atoms with Crippen LogP contribution in [0.5, 0.6) is 0 Å². The summed E-state index contributed by atoms with van der Waals surface area (Å²) in [5.74, 6) is 1.28. The minimum absolute atomic E-state index is 0.594. The molecule has 0 aliphatic rings. The molecule has 44 heavy (non-hydrogen) atoms. The Labute approximate surface area is 260 Å². The summed E-state index contributed by atoms with van der Waals surface area (Å²) >= 11 is 1.74. The van der Waals surface area contributed by atoms with Gasteiger partial charge in [-0.1, -0.05) is 140 Å². The zero-order chi connectivity index (χ0) is 29.9. The Balaban J connectivity index is 1.33. The molecule has 5 aromatic carbocycles. The summed E-state index contributed by atoms with van der Waals surface area (Å²) in [6, 6.07) is 47.0. The van der Waals surface area contributed by atoms with E-state index < -0.39 is 0 Å². The Kier molecular flexibility index (Phi) is 7.45. The third-order valence-corrected chi connectivity index (χ3v) is 8.65. The summed E-state index contributed by atoms with van der Waals surface area (Å²) in [6.07, 6.45) is 0. The number of rotatable bonds is 6. The number of nitrogens with zero attached hydrogens (tertiary/aromatic N) is 4. The van der Waals surface area contributed by atoms with E-state index in [1.165, 1.54) is 4.70 Å². The average molecular weight is 585 g/mol. The number of amidine groups is 1. The molecular weight excluding hydrogens is 557 g/mol. The molecule has 210 valence electrons. The van der Waals surface area contributed by atoms with Gasteiger partial charge in [0.05, 0.1) is 21.6 Å². The highest BCUT2D eigenvalue weighted by Gasteiger charge is 2.17. The molecule has 0 saturated heterocycles. The van der Waals surface area contributed by atoms with Crippen LogP contribution in [0, 0.1) is 0 Å². The van der Waals surface area contributed by atoms with Gasteiger partial charge >= 0.3 is 0 Å². The Morgan fingerprint density at radius 1 is 0.591 bits per heavy atom. The van der Waals surface area contributed by atoms with Crippen LogP contribution in [0.3, 0.4) is 0 Å². The Bertz CT molecular complexity index is 2160. The van der Waals surface area contributed by atoms with Crippen molar-refractivity contribution in [2.75, 3.05) is 0 Å². The van der Waals surface area contributed by atoms with Crippen molar-refractivity contribution in [2.24, 2.45) is 9.98 Å². The molecule has 0 aliphatic heterocycles. The molecule has 0 spiro atoms. The number of hydrogen-bond donors (Lipinski definition) is 0. The number of aliphatic imine (C=N–C) groups is 2. The van der Waals surface area contributed by atoms with Gasteiger partial charge < -0.3 is 0 Å². The van der Waals surface area contributed by atoms with E-state index in [0.29, 0.717) is 17.4 Å². The molecule has 0 N–H and O–H groups in total. The van der Waals surface area contributed by atoms with Gasteiger partial charge in [-0.25, -0.2) is 20.0 Å². The van der Waals surface area contributed by atoms with Crippen molar-refractivity contribution in [3.8, 4) is 22.6 Å². The first-order valence-electron chi connectivity index (χ1n) is 14.4. The quantitative estimate of drug-likeness (QED) is 0.144. The fraction of sp³-hybridized carbons (Fsp3) is 0.0256. The van der Waals surface area contributed by atoms with E-state index in [0.717, 1.165) is 54.8 Å². The van der Waals surface area contributed by atoms with Gasteiger partial charge in [-0.3, -0.25) is 0 Å². The predicted octanol–water partition coefficient (Wildman–Crippen LogP) is 10.1. The molecule has 0 saturated carbocycles. The van der Waals surface area contributed by atoms with E-state index in [9.17, 15) is 0 Å². The molecular formula is C39H28N4S. The van der Waals surface area contributed by atoms with Crippen LogP contribution in [-0.4, -0.2) is 21.5 Å². The molecule has 2 heterocycles. The second-order valence-corrected chi connectivity index (χ2v) is 11.5. The van der Waals surface area contributed by atoms with Gasteiger partial charge in [0.1, 0.15) is 0 Å². The molecule has 7 aromatic rings. The van der Waals surface area contributed by atoms with Gasteiger partial charge in [0.25, 0.3) is 0 Å². The van der Waals surface area contributed by atoms with Crippen molar-refractivity contribution in [1.29, 1.82) is 0 Å². The number of aromatic nitrogens is 2. The molecule has 0 aliphatic carbocycles. The van der Waals surface area contributed by atoms with Crippen LogP contribution in [0.2, 0.25) is 0 Å². The second kappa shape index (κ2) is 12.0. The van der Waals surface area contributed by atoms with Gasteiger partial charge in [0.2, 0.25) is 0 Å². The van der Waals surface area contributed by atoms with Crippen LogP contribution in [0.15, 0.2) is 156 Å². The summed E-state index contributed by atoms with van der Waals surface area (Å²) in [5.41, 5.74) is 8.32. The number of fused-ring (bicyclic) bond motifs is 3. The lowest BCUT2D eigenvalue weighted by Crippen LogP contribution is -2.04. The zero-order valence-corrected chi connectivity index (χ0v) is 25.0. The molecule has 4 nitrogen and oxygen atoms in total. The first kappa shape index (κ1) is 27.3. The first-order chi connectivity index (χ1) is 21.6. The van der Waals surface area contributed by atoms with E-state index in [4.69, 9.17) is 20.0 Å². The lowest BCUT2D eigenvalue weighted by Gasteiger charge is -2.09. The van der Waals surface area contributed by atoms with Gasteiger partial charge in [-0.2, -0.15) is 0 Å². The Morgan fingerprint density at radius 3 is 1.91 bits per heavy atom.